The van der Waals surface area contributed by atoms with E-state index in [4.69, 9.17) is 0 Å². The van der Waals surface area contributed by atoms with Gasteiger partial charge in [-0.05, 0) is 24.8 Å². The first-order valence-corrected chi connectivity index (χ1v) is 8.66. The number of nitrogens with one attached hydrogen (secondary N) is 2. The second-order valence-electron chi connectivity index (χ2n) is 6.53. The highest BCUT2D eigenvalue weighted by atomic mass is 19.4. The summed E-state index contributed by atoms with van der Waals surface area (Å²) < 4.78 is 38.0. The molecule has 0 bridgehead atoms. The Bertz CT molecular complexity index is 638. The molecular weight excluding hydrogens is 367 g/mol. The van der Waals surface area contributed by atoms with Crippen molar-refractivity contribution in [2.45, 2.75) is 44.7 Å². The van der Waals surface area contributed by atoms with Crippen LogP contribution in [0.3, 0.4) is 0 Å². The third-order valence-corrected chi connectivity index (χ3v) is 4.54. The highest BCUT2D eigenvalue weighted by Gasteiger charge is 2.33. The van der Waals surface area contributed by atoms with E-state index in [1.807, 2.05) is 0 Å². The predicted molar refractivity (Wildman–Crippen MR) is 88.0 cm³/mol. The number of aromatic nitrogens is 2. The van der Waals surface area contributed by atoms with Gasteiger partial charge in [0.05, 0.1) is 12.5 Å². The number of hydrogen-bond donors (Lipinski definition) is 3. The zero-order valence-electron chi connectivity index (χ0n) is 14.6. The van der Waals surface area contributed by atoms with Gasteiger partial charge in [0.1, 0.15) is 5.69 Å². The molecule has 27 heavy (non-hydrogen) atoms. The fourth-order valence-corrected chi connectivity index (χ4v) is 3.11. The van der Waals surface area contributed by atoms with Crippen LogP contribution in [-0.4, -0.2) is 39.1 Å². The summed E-state index contributed by atoms with van der Waals surface area (Å²) in [7, 11) is 0. The van der Waals surface area contributed by atoms with E-state index in [-0.39, 0.29) is 13.0 Å². The van der Waals surface area contributed by atoms with Gasteiger partial charge >= 0.3 is 6.18 Å². The third kappa shape index (κ3) is 6.66. The molecule has 2 amide bonds. The maximum absolute atomic E-state index is 12.7. The lowest BCUT2D eigenvalue weighted by Gasteiger charge is -2.21. The summed E-state index contributed by atoms with van der Waals surface area (Å²) in [5, 5.41) is 9.77. The molecule has 8 nitrogen and oxygen atoms in total. The Balaban J connectivity index is 1.94. The molecule has 1 aliphatic rings. The molecule has 0 aromatic carbocycles. The van der Waals surface area contributed by atoms with E-state index in [1.54, 1.807) is 0 Å². The minimum Gasteiger partial charge on any atom is -0.286 e. The van der Waals surface area contributed by atoms with Crippen molar-refractivity contribution in [3.05, 3.63) is 18.0 Å². The van der Waals surface area contributed by atoms with Crippen LogP contribution in [-0.2, 0) is 15.8 Å². The van der Waals surface area contributed by atoms with Gasteiger partial charge in [-0.25, -0.2) is 15.0 Å². The number of halogens is 3. The first-order valence-electron chi connectivity index (χ1n) is 8.66. The first-order chi connectivity index (χ1) is 12.8. The van der Waals surface area contributed by atoms with Gasteiger partial charge in [0.15, 0.2) is 0 Å². The van der Waals surface area contributed by atoms with Gasteiger partial charge in [-0.3, -0.25) is 25.6 Å². The number of alkyl halides is 3. The van der Waals surface area contributed by atoms with E-state index in [1.165, 1.54) is 0 Å². The van der Waals surface area contributed by atoms with Crippen molar-refractivity contribution in [1.82, 2.24) is 20.5 Å². The van der Waals surface area contributed by atoms with Crippen LogP contribution in [0.15, 0.2) is 12.3 Å². The summed E-state index contributed by atoms with van der Waals surface area (Å²) in [5.74, 6) is -1.21. The molecule has 1 atom stereocenters. The predicted octanol–water partition coefficient (Wildman–Crippen LogP) is 2.37. The molecule has 1 aromatic rings. The van der Waals surface area contributed by atoms with Crippen LogP contribution >= 0.6 is 0 Å². The van der Waals surface area contributed by atoms with Crippen molar-refractivity contribution in [3.63, 3.8) is 0 Å². The number of amides is 2. The van der Waals surface area contributed by atoms with Crippen molar-refractivity contribution in [3.8, 4) is 0 Å². The fraction of sp³-hybridized carbons (Fsp3) is 0.625. The number of anilines is 1. The summed E-state index contributed by atoms with van der Waals surface area (Å²) in [6, 6.07) is 0.713. The van der Waals surface area contributed by atoms with Gasteiger partial charge in [0.25, 0.3) is 0 Å². The zero-order chi connectivity index (χ0) is 19.9. The second-order valence-corrected chi connectivity index (χ2v) is 6.53. The Morgan fingerprint density at radius 2 is 2.11 bits per heavy atom. The maximum atomic E-state index is 12.7. The Morgan fingerprint density at radius 1 is 1.41 bits per heavy atom. The molecular formula is C16H22F3N5O3. The molecule has 1 aliphatic carbocycles. The monoisotopic (exact) mass is 389 g/mol. The molecule has 0 saturated heterocycles. The minimum atomic E-state index is -4.63. The third-order valence-electron chi connectivity index (χ3n) is 4.54. The molecule has 0 radical (unpaired) electrons. The number of carbonyl (C=O) groups excluding carboxylic acids is 2. The second kappa shape index (κ2) is 9.49. The summed E-state index contributed by atoms with van der Waals surface area (Å²) >= 11 is 0. The van der Waals surface area contributed by atoms with Crippen LogP contribution in [0.4, 0.5) is 19.1 Å². The molecule has 3 N–H and O–H groups in total. The molecule has 11 heteroatoms. The lowest BCUT2D eigenvalue weighted by molar-refractivity contribution is -0.154. The number of hydroxylamine groups is 2. The summed E-state index contributed by atoms with van der Waals surface area (Å²) in [6.45, 7) is -0.215. The highest BCUT2D eigenvalue weighted by Crippen LogP contribution is 2.30. The molecule has 150 valence electrons. The topological polar surface area (TPSA) is 107 Å². The van der Waals surface area contributed by atoms with Crippen LogP contribution in [0.2, 0.25) is 0 Å². The van der Waals surface area contributed by atoms with E-state index in [0.717, 1.165) is 38.3 Å². The number of nitrogens with zero attached hydrogens (tertiary/aromatic N) is 3. The molecule has 2 rings (SSSR count). The van der Waals surface area contributed by atoms with Crippen molar-refractivity contribution in [2.75, 3.05) is 12.0 Å². The molecule has 0 spiro atoms. The molecule has 1 heterocycles. The maximum Gasteiger partial charge on any atom is 0.433 e. The van der Waals surface area contributed by atoms with Crippen molar-refractivity contribution in [1.29, 1.82) is 0 Å². The summed E-state index contributed by atoms with van der Waals surface area (Å²) in [5.41, 5.74) is 3.35. The van der Waals surface area contributed by atoms with Gasteiger partial charge in [-0.15, -0.1) is 0 Å². The molecule has 0 aliphatic heterocycles. The van der Waals surface area contributed by atoms with Crippen LogP contribution in [0, 0.1) is 11.8 Å². The standard InChI is InChI=1S/C16H22F3N5O3/c17-16(18,19)13-7-8-20-15(21-13)23-22-14(26)12(9-24(27)10-25)6-5-11-3-1-2-4-11/h7-8,10-12,27H,1-6,9H2,(H,22,26)(H,20,21,23)/t12-/m1/s1. The molecule has 1 aromatic heterocycles. The van der Waals surface area contributed by atoms with Crippen LogP contribution in [0.1, 0.15) is 44.2 Å². The first kappa shape index (κ1) is 20.9. The Morgan fingerprint density at radius 3 is 2.74 bits per heavy atom. The van der Waals surface area contributed by atoms with Gasteiger partial charge in [-0.1, -0.05) is 25.7 Å². The average Bonchev–Trinajstić information content (AvgIpc) is 3.16. The summed E-state index contributed by atoms with van der Waals surface area (Å²) in [6.07, 6.45) is 2.16. The summed E-state index contributed by atoms with van der Waals surface area (Å²) in [4.78, 5) is 29.9. The van der Waals surface area contributed by atoms with Gasteiger partial charge in [0.2, 0.25) is 18.3 Å². The SMILES string of the molecule is O=CN(O)C[C@@H](CCC1CCCC1)C(=O)NNc1nccc(C(F)(F)F)n1. The number of carbonyl (C=O) groups is 2. The van der Waals surface area contributed by atoms with E-state index in [9.17, 15) is 28.0 Å². The highest BCUT2D eigenvalue weighted by molar-refractivity contribution is 5.80. The Kier molecular flexibility index (Phi) is 7.34. The zero-order valence-corrected chi connectivity index (χ0v) is 14.6. The smallest absolute Gasteiger partial charge is 0.286 e. The molecule has 1 saturated carbocycles. The van der Waals surface area contributed by atoms with E-state index >= 15 is 0 Å². The van der Waals surface area contributed by atoms with E-state index in [0.29, 0.717) is 23.5 Å². The van der Waals surface area contributed by atoms with Gasteiger partial charge in [0, 0.05) is 6.20 Å². The van der Waals surface area contributed by atoms with Crippen molar-refractivity contribution in [2.24, 2.45) is 11.8 Å². The van der Waals surface area contributed by atoms with Gasteiger partial charge < -0.3 is 0 Å². The minimum absolute atomic E-state index is 0.194. The lowest BCUT2D eigenvalue weighted by Crippen LogP contribution is -2.40. The number of rotatable bonds is 9. The van der Waals surface area contributed by atoms with E-state index in [2.05, 4.69) is 20.8 Å². The Labute approximate surface area is 154 Å². The lowest BCUT2D eigenvalue weighted by atomic mass is 9.94. The molecule has 1 fully saturated rings. The number of hydrogen-bond acceptors (Lipinski definition) is 6. The quantitative estimate of drug-likeness (QED) is 0.340. The van der Waals surface area contributed by atoms with Crippen molar-refractivity contribution < 1.29 is 28.0 Å². The largest absolute Gasteiger partial charge is 0.433 e. The van der Waals surface area contributed by atoms with Crippen LogP contribution < -0.4 is 10.9 Å². The van der Waals surface area contributed by atoms with Crippen LogP contribution in [0.5, 0.6) is 0 Å². The van der Waals surface area contributed by atoms with Crippen molar-refractivity contribution >= 4 is 18.3 Å². The number of hydrazine groups is 1. The van der Waals surface area contributed by atoms with Crippen LogP contribution in [0.25, 0.3) is 0 Å². The van der Waals surface area contributed by atoms with E-state index < -0.39 is 29.6 Å². The molecule has 0 unspecified atom stereocenters. The Hall–Kier alpha value is -2.43. The average molecular weight is 389 g/mol. The van der Waals surface area contributed by atoms with Gasteiger partial charge in [-0.2, -0.15) is 13.2 Å². The normalized spacial score (nSPS) is 16.0. The fourth-order valence-electron chi connectivity index (χ4n) is 3.11.